The van der Waals surface area contributed by atoms with E-state index >= 15 is 0 Å². The van der Waals surface area contributed by atoms with Crippen LogP contribution in [0.5, 0.6) is 0 Å². The average Bonchev–Trinajstić information content (AvgIpc) is 2.25. The molecule has 1 aromatic rings. The maximum atomic E-state index is 11.7. The van der Waals surface area contributed by atoms with Gasteiger partial charge in [-0.25, -0.2) is 4.79 Å². The van der Waals surface area contributed by atoms with E-state index in [0.717, 1.165) is 0 Å². The minimum atomic E-state index is -0.863. The van der Waals surface area contributed by atoms with E-state index in [2.05, 4.69) is 0 Å². The summed E-state index contributed by atoms with van der Waals surface area (Å²) >= 11 is 5.77. The Balaban J connectivity index is 3.00. The van der Waals surface area contributed by atoms with Crippen LogP contribution >= 0.6 is 11.8 Å². The molecule has 7 heteroatoms. The molecule has 0 aliphatic heterocycles. The molecule has 98 valence electrons. The SMILES string of the molecule is CC(C)(C)OC(=O)N(Cl)c1ccccc1[N+](=O)[O-]. The molecule has 18 heavy (non-hydrogen) atoms. The molecule has 0 heterocycles. The molecular formula is C11H13ClN2O4. The zero-order valence-electron chi connectivity index (χ0n) is 10.2. The smallest absolute Gasteiger partial charge is 0.430 e. The number of para-hydroxylation sites is 2. The summed E-state index contributed by atoms with van der Waals surface area (Å²) in [5, 5.41) is 10.8. The summed E-state index contributed by atoms with van der Waals surface area (Å²) in [6, 6.07) is 5.66. The summed E-state index contributed by atoms with van der Waals surface area (Å²) in [4.78, 5) is 21.9. The largest absolute Gasteiger partial charge is 0.443 e. The Morgan fingerprint density at radius 2 is 1.94 bits per heavy atom. The Labute approximate surface area is 109 Å². The van der Waals surface area contributed by atoms with Gasteiger partial charge in [0.2, 0.25) is 0 Å². The van der Waals surface area contributed by atoms with Crippen molar-refractivity contribution in [2.75, 3.05) is 4.42 Å². The van der Waals surface area contributed by atoms with Gasteiger partial charge < -0.3 is 4.74 Å². The molecule has 0 aliphatic rings. The maximum Gasteiger partial charge on any atom is 0.430 e. The number of rotatable bonds is 2. The van der Waals surface area contributed by atoms with E-state index in [1.807, 2.05) is 0 Å². The Kier molecular flexibility index (Phi) is 4.13. The lowest BCUT2D eigenvalue weighted by molar-refractivity contribution is -0.384. The normalized spacial score (nSPS) is 10.9. The molecule has 1 rings (SSSR count). The molecule has 0 unspecified atom stereocenters. The van der Waals surface area contributed by atoms with Crippen molar-refractivity contribution in [3.63, 3.8) is 0 Å². The number of nitro groups is 1. The minimum absolute atomic E-state index is 0.0292. The van der Waals surface area contributed by atoms with E-state index in [1.54, 1.807) is 26.8 Å². The molecule has 1 aromatic carbocycles. The fourth-order valence-corrected chi connectivity index (χ4v) is 1.36. The second-order valence-corrected chi connectivity index (χ2v) is 4.85. The first-order valence-electron chi connectivity index (χ1n) is 5.14. The van der Waals surface area contributed by atoms with E-state index < -0.39 is 16.6 Å². The van der Waals surface area contributed by atoms with E-state index in [4.69, 9.17) is 16.5 Å². The molecule has 1 amide bonds. The van der Waals surface area contributed by atoms with Crippen molar-refractivity contribution < 1.29 is 14.5 Å². The number of carbonyl (C=O) groups is 1. The highest BCUT2D eigenvalue weighted by Crippen LogP contribution is 2.30. The van der Waals surface area contributed by atoms with Crippen LogP contribution in [-0.4, -0.2) is 16.6 Å². The lowest BCUT2D eigenvalue weighted by Crippen LogP contribution is -2.31. The van der Waals surface area contributed by atoms with Crippen molar-refractivity contribution in [1.29, 1.82) is 0 Å². The van der Waals surface area contributed by atoms with Crippen LogP contribution in [0.4, 0.5) is 16.2 Å². The molecule has 0 bridgehead atoms. The molecule has 0 aromatic heterocycles. The number of hydrogen-bond donors (Lipinski definition) is 0. The van der Waals surface area contributed by atoms with Crippen molar-refractivity contribution in [2.45, 2.75) is 26.4 Å². The van der Waals surface area contributed by atoms with Gasteiger partial charge in [0.1, 0.15) is 11.3 Å². The molecule has 0 fully saturated rings. The number of halogens is 1. The average molecular weight is 273 g/mol. The van der Waals surface area contributed by atoms with Crippen molar-refractivity contribution >= 4 is 29.2 Å². The van der Waals surface area contributed by atoms with Crippen molar-refractivity contribution in [3.8, 4) is 0 Å². The standard InChI is InChI=1S/C11H13ClN2O4/c1-11(2,3)18-10(15)13(12)8-6-4-5-7-9(8)14(16)17/h4-7H,1-3H3. The molecule has 0 N–H and O–H groups in total. The van der Waals surface area contributed by atoms with Crippen molar-refractivity contribution in [1.82, 2.24) is 0 Å². The van der Waals surface area contributed by atoms with Gasteiger partial charge in [-0.05, 0) is 26.8 Å². The summed E-state index contributed by atoms with van der Waals surface area (Å²) < 4.78 is 5.62. The Hall–Kier alpha value is -1.82. The van der Waals surface area contributed by atoms with Crippen LogP contribution in [0.1, 0.15) is 20.8 Å². The monoisotopic (exact) mass is 272 g/mol. The topological polar surface area (TPSA) is 72.7 Å². The van der Waals surface area contributed by atoms with Gasteiger partial charge in [0.15, 0.2) is 0 Å². The first-order chi connectivity index (χ1) is 8.22. The predicted molar refractivity (Wildman–Crippen MR) is 67.7 cm³/mol. The van der Waals surface area contributed by atoms with Gasteiger partial charge in [0.05, 0.1) is 4.92 Å². The number of ether oxygens (including phenoxy) is 1. The van der Waals surface area contributed by atoms with Gasteiger partial charge in [-0.1, -0.05) is 12.1 Å². The number of amides is 1. The van der Waals surface area contributed by atoms with E-state index in [0.29, 0.717) is 4.42 Å². The van der Waals surface area contributed by atoms with Crippen LogP contribution in [-0.2, 0) is 4.74 Å². The first kappa shape index (κ1) is 14.2. The minimum Gasteiger partial charge on any atom is -0.443 e. The second kappa shape index (κ2) is 5.22. The highest BCUT2D eigenvalue weighted by atomic mass is 35.5. The van der Waals surface area contributed by atoms with Gasteiger partial charge in [-0.3, -0.25) is 10.1 Å². The summed E-state index contributed by atoms with van der Waals surface area (Å²) in [5.74, 6) is 0. The summed E-state index contributed by atoms with van der Waals surface area (Å²) in [6.45, 7) is 5.03. The second-order valence-electron chi connectivity index (χ2n) is 4.51. The fraction of sp³-hybridized carbons (Fsp3) is 0.364. The number of benzene rings is 1. The van der Waals surface area contributed by atoms with E-state index in [1.165, 1.54) is 18.2 Å². The number of carbonyl (C=O) groups excluding carboxylic acids is 1. The van der Waals surface area contributed by atoms with Crippen LogP contribution in [0.2, 0.25) is 0 Å². The van der Waals surface area contributed by atoms with Gasteiger partial charge in [0, 0.05) is 17.8 Å². The van der Waals surface area contributed by atoms with E-state index in [9.17, 15) is 14.9 Å². The van der Waals surface area contributed by atoms with Crippen LogP contribution in [0.3, 0.4) is 0 Å². The van der Waals surface area contributed by atoms with Gasteiger partial charge >= 0.3 is 6.09 Å². The highest BCUT2D eigenvalue weighted by Gasteiger charge is 2.27. The lowest BCUT2D eigenvalue weighted by atomic mass is 10.2. The van der Waals surface area contributed by atoms with Crippen LogP contribution < -0.4 is 4.42 Å². The molecule has 6 nitrogen and oxygen atoms in total. The zero-order valence-corrected chi connectivity index (χ0v) is 11.0. The van der Waals surface area contributed by atoms with Crippen LogP contribution in [0, 0.1) is 10.1 Å². The first-order valence-corrected chi connectivity index (χ1v) is 5.48. The highest BCUT2D eigenvalue weighted by molar-refractivity contribution is 6.36. The molecule has 0 saturated carbocycles. The quantitative estimate of drug-likeness (QED) is 0.469. The van der Waals surface area contributed by atoms with Crippen molar-refractivity contribution in [2.24, 2.45) is 0 Å². The Morgan fingerprint density at radius 3 is 2.44 bits per heavy atom. The third-order valence-electron chi connectivity index (χ3n) is 1.84. The third-order valence-corrected chi connectivity index (χ3v) is 2.16. The molecule has 0 spiro atoms. The van der Waals surface area contributed by atoms with Crippen molar-refractivity contribution in [3.05, 3.63) is 34.4 Å². The number of nitro benzene ring substituents is 1. The van der Waals surface area contributed by atoms with Gasteiger partial charge in [-0.15, -0.1) is 0 Å². The molecule has 0 atom stereocenters. The predicted octanol–water partition coefficient (Wildman–Crippen LogP) is 3.49. The number of nitrogens with zero attached hydrogens (tertiary/aromatic N) is 2. The number of hydrogen-bond acceptors (Lipinski definition) is 4. The van der Waals surface area contributed by atoms with Crippen LogP contribution in [0.15, 0.2) is 24.3 Å². The Morgan fingerprint density at radius 1 is 1.39 bits per heavy atom. The molecular weight excluding hydrogens is 260 g/mol. The molecule has 0 aliphatic carbocycles. The summed E-state index contributed by atoms with van der Waals surface area (Å²) in [7, 11) is 0. The summed E-state index contributed by atoms with van der Waals surface area (Å²) in [5.41, 5.74) is -1.02. The zero-order chi connectivity index (χ0) is 13.9. The number of anilines is 1. The van der Waals surface area contributed by atoms with Crippen LogP contribution in [0.25, 0.3) is 0 Å². The molecule has 0 saturated heterocycles. The maximum absolute atomic E-state index is 11.7. The fourth-order valence-electron chi connectivity index (χ4n) is 1.18. The summed E-state index contributed by atoms with van der Waals surface area (Å²) in [6.07, 6.45) is -0.863. The van der Waals surface area contributed by atoms with Gasteiger partial charge in [-0.2, -0.15) is 4.42 Å². The Bertz CT molecular complexity index is 470. The molecule has 0 radical (unpaired) electrons. The van der Waals surface area contributed by atoms with Gasteiger partial charge in [0.25, 0.3) is 5.69 Å². The van der Waals surface area contributed by atoms with E-state index in [-0.39, 0.29) is 11.4 Å². The third kappa shape index (κ3) is 3.59. The lowest BCUT2D eigenvalue weighted by Gasteiger charge is -2.22.